The molecule has 1 aliphatic rings. The van der Waals surface area contributed by atoms with Crippen molar-refractivity contribution >= 4 is 45.9 Å². The maximum atomic E-state index is 13.3. The van der Waals surface area contributed by atoms with Gasteiger partial charge in [0, 0.05) is 40.0 Å². The molecular weight excluding hydrogens is 639 g/mol. The van der Waals surface area contributed by atoms with Gasteiger partial charge in [-0.2, -0.15) is 0 Å². The van der Waals surface area contributed by atoms with E-state index in [0.29, 0.717) is 28.2 Å². The smallest absolute Gasteiger partial charge is 0.268 e. The number of rotatable bonds is 12. The number of para-hydroxylation sites is 1. The summed E-state index contributed by atoms with van der Waals surface area (Å²) in [5.41, 5.74) is 4.50. The van der Waals surface area contributed by atoms with E-state index < -0.39 is 5.41 Å². The fourth-order valence-corrected chi connectivity index (χ4v) is 7.43. The molecule has 8 heteroatoms. The Morgan fingerprint density at radius 2 is 1.40 bits per heavy atom. The summed E-state index contributed by atoms with van der Waals surface area (Å²) < 4.78 is 1.85. The number of hydrogen-bond donors (Lipinski definition) is 2. The number of carbonyl (C=O) groups excluding carboxylic acids is 2. The topological polar surface area (TPSA) is 66.4 Å². The normalized spacial score (nSPS) is 14.2. The van der Waals surface area contributed by atoms with Crippen molar-refractivity contribution in [3.63, 3.8) is 0 Å². The number of benzene rings is 4. The van der Waals surface area contributed by atoms with Gasteiger partial charge in [0.05, 0.1) is 6.54 Å². The number of hydrogen-bond acceptors (Lipinski definition) is 3. The average Bonchev–Trinajstić information content (AvgIpc) is 3.46. The SMILES string of the molecule is Cn1c(C(=O)NCC(=O)NCC(CCCN2CCC(c3ccccc3)CC2)(c2ccc(Cl)cc2)c2ccc(Cl)cc2)cc2ccccc21. The van der Waals surface area contributed by atoms with Gasteiger partial charge >= 0.3 is 0 Å². The molecule has 1 aromatic heterocycles. The second-order valence-corrected chi connectivity index (χ2v) is 13.7. The van der Waals surface area contributed by atoms with Gasteiger partial charge in [-0.05, 0) is 104 Å². The van der Waals surface area contributed by atoms with E-state index in [1.165, 1.54) is 5.56 Å². The lowest BCUT2D eigenvalue weighted by atomic mass is 9.71. The first-order chi connectivity index (χ1) is 23.3. The number of nitrogens with one attached hydrogen (secondary N) is 2. The largest absolute Gasteiger partial charge is 0.353 e. The molecule has 248 valence electrons. The number of carbonyl (C=O) groups is 2. The lowest BCUT2D eigenvalue weighted by Crippen LogP contribution is -2.45. The van der Waals surface area contributed by atoms with Crippen molar-refractivity contribution in [3.8, 4) is 0 Å². The van der Waals surface area contributed by atoms with Crippen LogP contribution in [0.2, 0.25) is 10.0 Å². The van der Waals surface area contributed by atoms with Crippen molar-refractivity contribution in [1.29, 1.82) is 0 Å². The van der Waals surface area contributed by atoms with Gasteiger partial charge in [0.25, 0.3) is 5.91 Å². The molecule has 1 saturated heterocycles. The summed E-state index contributed by atoms with van der Waals surface area (Å²) in [6.07, 6.45) is 4.06. The van der Waals surface area contributed by atoms with E-state index in [0.717, 1.165) is 67.3 Å². The third-order valence-corrected chi connectivity index (χ3v) is 10.4. The van der Waals surface area contributed by atoms with Gasteiger partial charge in [-0.1, -0.05) is 96.0 Å². The first-order valence-corrected chi connectivity index (χ1v) is 17.5. The van der Waals surface area contributed by atoms with Gasteiger partial charge in [0.2, 0.25) is 5.91 Å². The van der Waals surface area contributed by atoms with E-state index in [-0.39, 0.29) is 18.4 Å². The second kappa shape index (κ2) is 15.4. The summed E-state index contributed by atoms with van der Waals surface area (Å²) >= 11 is 12.7. The Bertz CT molecular complexity index is 1780. The van der Waals surface area contributed by atoms with E-state index in [2.05, 4.69) is 70.1 Å². The van der Waals surface area contributed by atoms with Gasteiger partial charge in [-0.3, -0.25) is 9.59 Å². The molecular formula is C40H42Cl2N4O2. The van der Waals surface area contributed by atoms with Gasteiger partial charge in [0.15, 0.2) is 0 Å². The van der Waals surface area contributed by atoms with E-state index in [9.17, 15) is 9.59 Å². The van der Waals surface area contributed by atoms with Crippen LogP contribution in [-0.4, -0.2) is 54.0 Å². The molecule has 0 aliphatic carbocycles. The predicted octanol–water partition coefficient (Wildman–Crippen LogP) is 7.98. The predicted molar refractivity (Wildman–Crippen MR) is 196 cm³/mol. The Morgan fingerprint density at radius 1 is 0.792 bits per heavy atom. The Hall–Kier alpha value is -4.10. The lowest BCUT2D eigenvalue weighted by Gasteiger charge is -2.37. The van der Waals surface area contributed by atoms with Crippen LogP contribution in [-0.2, 0) is 17.3 Å². The van der Waals surface area contributed by atoms with Crippen LogP contribution >= 0.6 is 23.2 Å². The highest BCUT2D eigenvalue weighted by molar-refractivity contribution is 6.30. The maximum absolute atomic E-state index is 13.3. The van der Waals surface area contributed by atoms with Gasteiger partial charge in [-0.15, -0.1) is 0 Å². The minimum Gasteiger partial charge on any atom is -0.353 e. The van der Waals surface area contributed by atoms with E-state index >= 15 is 0 Å². The van der Waals surface area contributed by atoms with Gasteiger partial charge in [-0.25, -0.2) is 0 Å². The number of halogens is 2. The zero-order chi connectivity index (χ0) is 33.5. The summed E-state index contributed by atoms with van der Waals surface area (Å²) in [6.45, 7) is 3.34. The number of aromatic nitrogens is 1. The van der Waals surface area contributed by atoms with Gasteiger partial charge < -0.3 is 20.1 Å². The van der Waals surface area contributed by atoms with Crippen LogP contribution in [0.15, 0.2) is 109 Å². The highest BCUT2D eigenvalue weighted by Gasteiger charge is 2.35. The van der Waals surface area contributed by atoms with E-state index in [4.69, 9.17) is 23.2 Å². The minimum atomic E-state index is -0.535. The maximum Gasteiger partial charge on any atom is 0.268 e. The number of fused-ring (bicyclic) bond motifs is 1. The Labute approximate surface area is 293 Å². The molecule has 0 radical (unpaired) electrons. The third-order valence-electron chi connectivity index (χ3n) is 9.91. The third kappa shape index (κ3) is 7.78. The second-order valence-electron chi connectivity index (χ2n) is 12.8. The van der Waals surface area contributed by atoms with Crippen molar-refractivity contribution in [2.24, 2.45) is 7.05 Å². The molecule has 2 N–H and O–H groups in total. The Balaban J connectivity index is 1.15. The molecule has 0 atom stereocenters. The molecule has 48 heavy (non-hydrogen) atoms. The molecule has 2 heterocycles. The molecule has 4 aromatic carbocycles. The molecule has 0 spiro atoms. The zero-order valence-electron chi connectivity index (χ0n) is 27.3. The molecule has 0 saturated carbocycles. The summed E-state index contributed by atoms with van der Waals surface area (Å²) in [7, 11) is 1.86. The molecule has 1 fully saturated rings. The molecule has 0 bridgehead atoms. The fourth-order valence-electron chi connectivity index (χ4n) is 7.18. The van der Waals surface area contributed by atoms with E-state index in [1.54, 1.807) is 0 Å². The number of aryl methyl sites for hydroxylation is 1. The summed E-state index contributed by atoms with van der Waals surface area (Å²) in [5, 5.41) is 8.28. The van der Waals surface area contributed by atoms with Crippen molar-refractivity contribution in [3.05, 3.63) is 142 Å². The van der Waals surface area contributed by atoms with Crippen molar-refractivity contribution in [2.75, 3.05) is 32.7 Å². The molecule has 6 nitrogen and oxygen atoms in total. The van der Waals surface area contributed by atoms with Gasteiger partial charge in [0.1, 0.15) is 5.69 Å². The van der Waals surface area contributed by atoms with Crippen molar-refractivity contribution < 1.29 is 9.59 Å². The summed E-state index contributed by atoms with van der Waals surface area (Å²) in [4.78, 5) is 29.0. The highest BCUT2D eigenvalue weighted by Crippen LogP contribution is 2.38. The Kier molecular flexibility index (Phi) is 10.9. The van der Waals surface area contributed by atoms with Crippen LogP contribution in [0.3, 0.4) is 0 Å². The fraction of sp³-hybridized carbons (Fsp3) is 0.300. The lowest BCUT2D eigenvalue weighted by molar-refractivity contribution is -0.120. The van der Waals surface area contributed by atoms with Crippen LogP contribution in [0.4, 0.5) is 0 Å². The number of nitrogens with zero attached hydrogens (tertiary/aromatic N) is 2. The summed E-state index contributed by atoms with van der Waals surface area (Å²) in [5.74, 6) is 0.0695. The van der Waals surface area contributed by atoms with Crippen LogP contribution in [0.25, 0.3) is 10.9 Å². The molecule has 5 aromatic rings. The van der Waals surface area contributed by atoms with Crippen LogP contribution < -0.4 is 10.6 Å². The standard InChI is InChI=1S/C40H42Cl2N4O2/c1-45-36-11-6-5-10-31(36)26-37(45)39(48)43-27-38(47)44-28-40(32-12-16-34(41)17-13-32,33-14-18-35(42)19-15-33)22-7-23-46-24-20-30(21-25-46)29-8-3-2-4-9-29/h2-6,8-19,26,30H,7,20-25,27-28H2,1H3,(H,43,48)(H,44,47). The summed E-state index contributed by atoms with van der Waals surface area (Å²) in [6, 6.07) is 36.3. The first kappa shape index (κ1) is 33.8. The number of amides is 2. The van der Waals surface area contributed by atoms with Crippen molar-refractivity contribution in [1.82, 2.24) is 20.1 Å². The quantitative estimate of drug-likeness (QED) is 0.140. The van der Waals surface area contributed by atoms with Crippen LogP contribution in [0, 0.1) is 0 Å². The highest BCUT2D eigenvalue weighted by atomic mass is 35.5. The molecule has 0 unspecified atom stereocenters. The molecule has 2 amide bonds. The van der Waals surface area contributed by atoms with Crippen LogP contribution in [0.1, 0.15) is 58.8 Å². The number of piperidine rings is 1. The molecule has 6 rings (SSSR count). The Morgan fingerprint density at radius 3 is 2.02 bits per heavy atom. The zero-order valence-corrected chi connectivity index (χ0v) is 28.8. The van der Waals surface area contributed by atoms with E-state index in [1.807, 2.05) is 66.2 Å². The van der Waals surface area contributed by atoms with Crippen molar-refractivity contribution in [2.45, 2.75) is 37.0 Å². The minimum absolute atomic E-state index is 0.131. The van der Waals surface area contributed by atoms with Crippen LogP contribution in [0.5, 0.6) is 0 Å². The molecule has 1 aliphatic heterocycles. The average molecular weight is 682 g/mol. The number of likely N-dealkylation sites (tertiary alicyclic amines) is 1. The first-order valence-electron chi connectivity index (χ1n) is 16.7. The monoisotopic (exact) mass is 680 g/mol.